The van der Waals surface area contributed by atoms with Crippen LogP contribution in [0.15, 0.2) is 42.5 Å². The van der Waals surface area contributed by atoms with E-state index in [2.05, 4.69) is 57.0 Å². The molecule has 4 amide bonds. The van der Waals surface area contributed by atoms with Gasteiger partial charge in [0.25, 0.3) is 0 Å². The summed E-state index contributed by atoms with van der Waals surface area (Å²) in [6, 6.07) is 12.5. The topological polar surface area (TPSA) is 204 Å². The number of aromatic nitrogens is 4. The fourth-order valence-corrected chi connectivity index (χ4v) is 10.3. The van der Waals surface area contributed by atoms with Crippen molar-refractivity contribution in [1.82, 2.24) is 40.4 Å². The van der Waals surface area contributed by atoms with Crippen molar-refractivity contribution in [2.45, 2.75) is 116 Å². The van der Waals surface area contributed by atoms with E-state index in [4.69, 9.17) is 24.2 Å². The Morgan fingerprint density at radius 3 is 2.40 bits per heavy atom. The Morgan fingerprint density at radius 1 is 0.908 bits per heavy atom. The van der Waals surface area contributed by atoms with Crippen LogP contribution in [0.25, 0.3) is 44.2 Å². The summed E-state index contributed by atoms with van der Waals surface area (Å²) < 4.78 is 17.0. The second-order valence-electron chi connectivity index (χ2n) is 18.9. The normalized spacial score (nSPS) is 21.8. The maximum Gasteiger partial charge on any atom is 0.407 e. The number of fused-ring (bicyclic) bond motifs is 6. The lowest BCUT2D eigenvalue weighted by Gasteiger charge is -2.32. The molecule has 5 aromatic rings. The lowest BCUT2D eigenvalue weighted by molar-refractivity contribution is -0.137. The van der Waals surface area contributed by atoms with E-state index in [1.54, 1.807) is 12.0 Å². The van der Waals surface area contributed by atoms with E-state index in [-0.39, 0.29) is 47.7 Å². The summed E-state index contributed by atoms with van der Waals surface area (Å²) in [6.45, 7) is 11.0. The zero-order valence-electron chi connectivity index (χ0n) is 38.2. The molecular formula is C49H60N8O8. The number of H-pyrrole nitrogens is 2. The minimum Gasteiger partial charge on any atom is -0.488 e. The van der Waals surface area contributed by atoms with E-state index in [0.29, 0.717) is 50.8 Å². The molecule has 5 heterocycles. The molecule has 16 nitrogen and oxygen atoms in total. The van der Waals surface area contributed by atoms with Gasteiger partial charge < -0.3 is 49.7 Å². The van der Waals surface area contributed by atoms with Crippen molar-refractivity contribution < 1.29 is 38.5 Å². The molecule has 4 aliphatic rings. The molecular weight excluding hydrogens is 829 g/mol. The number of imidazole rings is 2. The minimum atomic E-state index is -1.22. The molecule has 3 aliphatic heterocycles. The summed E-state index contributed by atoms with van der Waals surface area (Å²) in [7, 11) is 2.98. The highest BCUT2D eigenvalue weighted by Gasteiger charge is 2.44. The number of benzene rings is 3. The molecule has 1 saturated carbocycles. The van der Waals surface area contributed by atoms with Crippen LogP contribution in [0.3, 0.4) is 0 Å². The molecule has 65 heavy (non-hydrogen) atoms. The van der Waals surface area contributed by atoms with E-state index < -0.39 is 24.3 Å². The molecule has 1 aliphatic carbocycles. The van der Waals surface area contributed by atoms with Gasteiger partial charge in [-0.15, -0.1) is 0 Å². The zero-order valence-corrected chi connectivity index (χ0v) is 38.2. The second-order valence-corrected chi connectivity index (χ2v) is 18.9. The second kappa shape index (κ2) is 17.7. The minimum absolute atomic E-state index is 0.0709. The van der Waals surface area contributed by atoms with Crippen LogP contribution in [0, 0.1) is 17.8 Å². The monoisotopic (exact) mass is 888 g/mol. The Hall–Kier alpha value is -6.16. The lowest BCUT2D eigenvalue weighted by Crippen LogP contribution is -2.52. The molecule has 3 fully saturated rings. The number of hydrogen-bond acceptors (Lipinski definition) is 9. The third-order valence-corrected chi connectivity index (χ3v) is 14.2. The zero-order chi connectivity index (χ0) is 45.8. The maximum absolute atomic E-state index is 14.3. The fourth-order valence-electron chi connectivity index (χ4n) is 10.3. The standard InChI is InChI=1S/C49H60N8O8/c1-8-25(4)40(55-49(62)64-7)46(58)56-21-27(22-63-6)17-37(56)45-51-41(28-10-11-28)42(52-45)30-12-14-32-31(18-30)23-65-38-20-33-29(19-34(32)38)13-15-35-43(33)53-44(50-35)36-16-9-26(5)57(36)47(59)39(24(2)3)54-48(60)61/h12-15,18-20,24-28,36-37,39-40,54H,8-11,16-17,21-23H2,1-7H3,(H,50,53)(H,51,52)(H,55,62)(H,60,61)/t25-,26-,27-,36-,37-,39-,40-/m0/s1. The van der Waals surface area contributed by atoms with E-state index >= 15 is 0 Å². The Bertz CT molecular complexity index is 2650. The third kappa shape index (κ3) is 8.25. The smallest absolute Gasteiger partial charge is 0.407 e. The predicted molar refractivity (Wildman–Crippen MR) is 244 cm³/mol. The van der Waals surface area contributed by atoms with Gasteiger partial charge in [0.15, 0.2) is 0 Å². The average Bonchev–Trinajstić information content (AvgIpc) is 3.59. The number of carboxylic acid groups (broad SMARTS) is 1. The van der Waals surface area contributed by atoms with Gasteiger partial charge in [-0.2, -0.15) is 0 Å². The molecule has 16 heteroatoms. The van der Waals surface area contributed by atoms with E-state index in [0.717, 1.165) is 86.3 Å². The number of ether oxygens (including phenoxy) is 3. The van der Waals surface area contributed by atoms with Gasteiger partial charge in [-0.1, -0.05) is 52.3 Å². The molecule has 5 N–H and O–H groups in total. The number of rotatable bonds is 13. The number of carbonyl (C=O) groups excluding carboxylic acids is 3. The molecule has 9 rings (SSSR count). The van der Waals surface area contributed by atoms with Crippen LogP contribution in [0.2, 0.25) is 0 Å². The van der Waals surface area contributed by atoms with E-state index in [1.165, 1.54) is 7.11 Å². The molecule has 0 radical (unpaired) electrons. The van der Waals surface area contributed by atoms with Crippen molar-refractivity contribution in [2.24, 2.45) is 17.8 Å². The molecule has 2 saturated heterocycles. The third-order valence-electron chi connectivity index (χ3n) is 14.2. The highest BCUT2D eigenvalue weighted by atomic mass is 16.5. The van der Waals surface area contributed by atoms with E-state index in [9.17, 15) is 24.3 Å². The van der Waals surface area contributed by atoms with Gasteiger partial charge in [-0.25, -0.2) is 19.6 Å². The Labute approximate surface area is 378 Å². The number of carbonyl (C=O) groups is 4. The lowest BCUT2D eigenvalue weighted by atomic mass is 9.92. The number of alkyl carbamates (subject to hydrolysis) is 1. The number of nitrogens with zero attached hydrogens (tertiary/aromatic N) is 4. The van der Waals surface area contributed by atoms with Crippen LogP contribution in [-0.4, -0.2) is 104 Å². The number of hydrogen-bond donors (Lipinski definition) is 5. The summed E-state index contributed by atoms with van der Waals surface area (Å²) in [6.07, 6.45) is 3.15. The van der Waals surface area contributed by atoms with Crippen molar-refractivity contribution in [2.75, 3.05) is 27.4 Å². The Morgan fingerprint density at radius 2 is 1.69 bits per heavy atom. The van der Waals surface area contributed by atoms with Gasteiger partial charge in [0.1, 0.15) is 36.1 Å². The number of aromatic amines is 2. The summed E-state index contributed by atoms with van der Waals surface area (Å²) in [5, 5.41) is 16.7. The molecule has 344 valence electrons. The Balaban J connectivity index is 1.01. The number of likely N-dealkylation sites (tertiary alicyclic amines) is 2. The highest BCUT2D eigenvalue weighted by Crippen LogP contribution is 2.48. The van der Waals surface area contributed by atoms with E-state index in [1.807, 2.05) is 45.6 Å². The first-order valence-electron chi connectivity index (χ1n) is 23.1. The summed E-state index contributed by atoms with van der Waals surface area (Å²) >= 11 is 0. The largest absolute Gasteiger partial charge is 0.488 e. The molecule has 2 aromatic heterocycles. The van der Waals surface area contributed by atoms with Gasteiger partial charge in [0.2, 0.25) is 11.8 Å². The fraction of sp³-hybridized carbons (Fsp3) is 0.510. The summed E-state index contributed by atoms with van der Waals surface area (Å²) in [5.41, 5.74) is 7.69. The number of methoxy groups -OCH3 is 2. The van der Waals surface area contributed by atoms with Crippen molar-refractivity contribution in [3.63, 3.8) is 0 Å². The first-order valence-corrected chi connectivity index (χ1v) is 23.1. The number of nitrogens with one attached hydrogen (secondary N) is 4. The van der Waals surface area contributed by atoms with Crippen molar-refractivity contribution in [3.05, 3.63) is 65.4 Å². The molecule has 0 spiro atoms. The van der Waals surface area contributed by atoms with Gasteiger partial charge in [-0.3, -0.25) is 9.59 Å². The maximum atomic E-state index is 14.3. The number of amides is 4. The van der Waals surface area contributed by atoms with Crippen LogP contribution >= 0.6 is 0 Å². The SMILES string of the molecule is CC[C@H](C)[C@H](NC(=O)OC)C(=O)N1C[C@@H](COC)C[C@H]1c1nc(-c2ccc3c(c2)COc2cc4c(ccc5[nH]c([C@@H]6CC[C@H](C)N6C(=O)[C@@H](NC(=O)O)C(C)C)nc54)cc2-3)c(C2CC2)[nH]1. The van der Waals surface area contributed by atoms with Gasteiger partial charge in [0.05, 0.1) is 42.5 Å². The summed E-state index contributed by atoms with van der Waals surface area (Å²) in [4.78, 5) is 73.5. The highest BCUT2D eigenvalue weighted by molar-refractivity contribution is 6.07. The van der Waals surface area contributed by atoms with Crippen LogP contribution in [0.1, 0.15) is 114 Å². The van der Waals surface area contributed by atoms with Gasteiger partial charge in [-0.05, 0) is 91.6 Å². The molecule has 3 aromatic carbocycles. The average molecular weight is 889 g/mol. The van der Waals surface area contributed by atoms with Crippen LogP contribution in [0.4, 0.5) is 9.59 Å². The molecule has 0 unspecified atom stereocenters. The van der Waals surface area contributed by atoms with Gasteiger partial charge in [0, 0.05) is 53.7 Å². The molecule has 7 atom stereocenters. The van der Waals surface area contributed by atoms with Crippen LogP contribution < -0.4 is 15.4 Å². The molecule has 0 bridgehead atoms. The van der Waals surface area contributed by atoms with Crippen molar-refractivity contribution in [3.8, 4) is 28.1 Å². The van der Waals surface area contributed by atoms with Gasteiger partial charge >= 0.3 is 12.2 Å². The summed E-state index contributed by atoms with van der Waals surface area (Å²) in [5.74, 6) is 1.92. The van der Waals surface area contributed by atoms with Crippen LogP contribution in [-0.2, 0) is 25.7 Å². The quantitative estimate of drug-likeness (QED) is 0.0767. The first-order chi connectivity index (χ1) is 31.3. The van der Waals surface area contributed by atoms with Crippen molar-refractivity contribution >= 4 is 45.8 Å². The first kappa shape index (κ1) is 44.1. The Kier molecular flexibility index (Phi) is 12.0. The van der Waals surface area contributed by atoms with Crippen molar-refractivity contribution in [1.29, 1.82) is 0 Å². The van der Waals surface area contributed by atoms with Crippen LogP contribution in [0.5, 0.6) is 5.75 Å². The predicted octanol–water partition coefficient (Wildman–Crippen LogP) is 8.19.